The van der Waals surface area contributed by atoms with E-state index in [9.17, 15) is 0 Å². The second-order valence-electron chi connectivity index (χ2n) is 13.1. The molecule has 1 fully saturated rings. The summed E-state index contributed by atoms with van der Waals surface area (Å²) in [6.45, 7) is 0. The number of hydrogen-bond acceptors (Lipinski definition) is 2. The molecule has 0 bridgehead atoms. The summed E-state index contributed by atoms with van der Waals surface area (Å²) in [6.07, 6.45) is 0.248. The summed E-state index contributed by atoms with van der Waals surface area (Å²) in [5.41, 5.74) is 14.6. The van der Waals surface area contributed by atoms with Crippen LogP contribution in [0, 0.1) is 0 Å². The maximum Gasteiger partial charge on any atom is 0.0870 e. The molecule has 7 aromatic carbocycles. The van der Waals surface area contributed by atoms with E-state index in [1.807, 2.05) is 0 Å². The number of fused-ring (bicyclic) bond motifs is 6. The van der Waals surface area contributed by atoms with Crippen molar-refractivity contribution in [2.24, 2.45) is 0 Å². The summed E-state index contributed by atoms with van der Waals surface area (Å²) in [6, 6.07) is 62.1. The molecule has 3 heteroatoms. The molecule has 8 aromatic rings. The number of benzene rings is 7. The van der Waals surface area contributed by atoms with Crippen LogP contribution in [0.1, 0.15) is 45.7 Å². The number of aromatic amines is 1. The summed E-state index contributed by atoms with van der Waals surface area (Å²) >= 11 is 0. The fraction of sp³-hybridized carbons (Fsp3) is 0.0667. The van der Waals surface area contributed by atoms with Gasteiger partial charge in [0, 0.05) is 21.8 Å². The van der Waals surface area contributed by atoms with Crippen LogP contribution in [0.3, 0.4) is 0 Å². The lowest BCUT2D eigenvalue weighted by Gasteiger charge is -2.40. The predicted octanol–water partition coefficient (Wildman–Crippen LogP) is 10.2. The van der Waals surface area contributed by atoms with Gasteiger partial charge in [0.05, 0.1) is 17.7 Å². The Bertz CT molecular complexity index is 2460. The fourth-order valence-electron chi connectivity index (χ4n) is 8.36. The molecule has 0 amide bonds. The molecule has 3 N–H and O–H groups in total. The molecular formula is C45H33N3. The molecule has 0 radical (unpaired) electrons. The summed E-state index contributed by atoms with van der Waals surface area (Å²) in [5, 5.41) is 10.0. The molecule has 1 aliphatic carbocycles. The van der Waals surface area contributed by atoms with Crippen LogP contribution in [0.2, 0.25) is 0 Å². The van der Waals surface area contributed by atoms with Gasteiger partial charge in [0.25, 0.3) is 0 Å². The Hall–Kier alpha value is -5.74. The molecule has 10 rings (SSSR count). The predicted molar refractivity (Wildman–Crippen MR) is 197 cm³/mol. The highest BCUT2D eigenvalue weighted by atomic mass is 15.3. The van der Waals surface area contributed by atoms with Crippen molar-refractivity contribution in [2.45, 2.75) is 17.7 Å². The first-order valence-corrected chi connectivity index (χ1v) is 16.8. The van der Waals surface area contributed by atoms with Crippen LogP contribution in [0.15, 0.2) is 170 Å². The zero-order valence-electron chi connectivity index (χ0n) is 26.3. The van der Waals surface area contributed by atoms with Gasteiger partial charge < -0.3 is 4.98 Å². The van der Waals surface area contributed by atoms with Crippen molar-refractivity contribution in [3.63, 3.8) is 0 Å². The second-order valence-corrected chi connectivity index (χ2v) is 13.1. The van der Waals surface area contributed by atoms with Gasteiger partial charge in [-0.3, -0.25) is 10.6 Å². The first kappa shape index (κ1) is 27.4. The standard InChI is InChI=1S/C45H33N3/c1-3-13-30(14-4-1)43-47-44(48-43)36-20-8-7-17-33(36)29-23-25-32(26-24-29)45(31-15-5-2-6-16-31)39-21-11-9-18-34(39)37-27-38-35-19-10-12-22-41(35)46-42(38)28-40(37)45/h1-28,43-44,46-48H. The minimum Gasteiger partial charge on any atom is -0.355 e. The van der Waals surface area contributed by atoms with E-state index in [1.54, 1.807) is 0 Å². The normalized spacial score (nSPS) is 19.6. The van der Waals surface area contributed by atoms with Gasteiger partial charge in [-0.05, 0) is 73.8 Å². The van der Waals surface area contributed by atoms with Crippen LogP contribution >= 0.6 is 0 Å². The molecule has 1 unspecified atom stereocenters. The van der Waals surface area contributed by atoms with E-state index in [-0.39, 0.29) is 12.3 Å². The molecule has 1 saturated heterocycles. The fourth-order valence-corrected chi connectivity index (χ4v) is 8.36. The molecule has 2 aliphatic rings. The largest absolute Gasteiger partial charge is 0.355 e. The summed E-state index contributed by atoms with van der Waals surface area (Å²) in [5.74, 6) is 0. The molecule has 1 aliphatic heterocycles. The van der Waals surface area contributed by atoms with Gasteiger partial charge in [-0.2, -0.15) is 0 Å². The third kappa shape index (κ3) is 3.96. The molecule has 228 valence electrons. The highest BCUT2D eigenvalue weighted by Gasteiger charge is 2.46. The minimum absolute atomic E-state index is 0.0917. The highest BCUT2D eigenvalue weighted by molar-refractivity contribution is 6.10. The number of H-pyrrole nitrogens is 1. The van der Waals surface area contributed by atoms with Crippen LogP contribution in [-0.4, -0.2) is 4.98 Å². The van der Waals surface area contributed by atoms with Gasteiger partial charge in [-0.25, -0.2) is 0 Å². The minimum atomic E-state index is -0.462. The lowest BCUT2D eigenvalue weighted by atomic mass is 9.67. The van der Waals surface area contributed by atoms with E-state index in [4.69, 9.17) is 0 Å². The third-order valence-electron chi connectivity index (χ3n) is 10.6. The monoisotopic (exact) mass is 615 g/mol. The molecule has 0 saturated carbocycles. The maximum atomic E-state index is 3.74. The third-order valence-corrected chi connectivity index (χ3v) is 10.6. The molecule has 2 heterocycles. The molecule has 0 spiro atoms. The molecule has 1 atom stereocenters. The van der Waals surface area contributed by atoms with Crippen molar-refractivity contribution in [3.05, 3.63) is 203 Å². The number of aromatic nitrogens is 1. The van der Waals surface area contributed by atoms with Crippen LogP contribution in [0.5, 0.6) is 0 Å². The molecule has 1 aromatic heterocycles. The maximum absolute atomic E-state index is 3.74. The van der Waals surface area contributed by atoms with E-state index in [1.165, 1.54) is 77.4 Å². The summed E-state index contributed by atoms with van der Waals surface area (Å²) in [7, 11) is 0. The van der Waals surface area contributed by atoms with Crippen LogP contribution in [0.25, 0.3) is 44.1 Å². The second kappa shape index (κ2) is 10.6. The number of nitrogens with one attached hydrogen (secondary N) is 3. The van der Waals surface area contributed by atoms with Gasteiger partial charge in [-0.15, -0.1) is 0 Å². The Balaban J connectivity index is 1.12. The molecule has 3 nitrogen and oxygen atoms in total. The first-order chi connectivity index (χ1) is 23.8. The first-order valence-electron chi connectivity index (χ1n) is 16.8. The van der Waals surface area contributed by atoms with E-state index >= 15 is 0 Å². The average Bonchev–Trinajstić information content (AvgIpc) is 3.64. The van der Waals surface area contributed by atoms with E-state index < -0.39 is 5.41 Å². The Morgan fingerprint density at radius 1 is 0.417 bits per heavy atom. The Morgan fingerprint density at radius 3 is 1.88 bits per heavy atom. The number of rotatable bonds is 5. The summed E-state index contributed by atoms with van der Waals surface area (Å²) < 4.78 is 0. The van der Waals surface area contributed by atoms with Gasteiger partial charge in [-0.1, -0.05) is 152 Å². The van der Waals surface area contributed by atoms with Gasteiger partial charge in [0.2, 0.25) is 0 Å². The number of para-hydroxylation sites is 1. The lowest BCUT2D eigenvalue weighted by molar-refractivity contribution is 0.204. The highest BCUT2D eigenvalue weighted by Crippen LogP contribution is 2.57. The van der Waals surface area contributed by atoms with Crippen LogP contribution in [-0.2, 0) is 5.41 Å². The van der Waals surface area contributed by atoms with E-state index in [0.29, 0.717) is 0 Å². The van der Waals surface area contributed by atoms with Gasteiger partial charge in [0.15, 0.2) is 0 Å². The smallest absolute Gasteiger partial charge is 0.0870 e. The Labute approximate surface area is 279 Å². The van der Waals surface area contributed by atoms with Crippen molar-refractivity contribution in [1.29, 1.82) is 0 Å². The molecule has 48 heavy (non-hydrogen) atoms. The summed E-state index contributed by atoms with van der Waals surface area (Å²) in [4.78, 5) is 3.74. The lowest BCUT2D eigenvalue weighted by Crippen LogP contribution is -2.54. The van der Waals surface area contributed by atoms with Crippen molar-refractivity contribution < 1.29 is 0 Å². The number of hydrogen-bond donors (Lipinski definition) is 3. The van der Waals surface area contributed by atoms with Crippen molar-refractivity contribution >= 4 is 21.8 Å². The van der Waals surface area contributed by atoms with E-state index in [0.717, 1.165) is 0 Å². The zero-order chi connectivity index (χ0) is 31.7. The SMILES string of the molecule is c1ccc(C2NC(c3ccccc3-c3ccc(C4(c5ccccc5)c5ccccc5-c5cc6c(cc54)[nH]c4ccccc46)cc3)N2)cc1. The average molecular weight is 616 g/mol. The van der Waals surface area contributed by atoms with Gasteiger partial charge in [0.1, 0.15) is 0 Å². The Kier molecular flexibility index (Phi) is 6.07. The van der Waals surface area contributed by atoms with Crippen molar-refractivity contribution in [3.8, 4) is 22.3 Å². The quantitative estimate of drug-likeness (QED) is 0.180. The van der Waals surface area contributed by atoms with Crippen LogP contribution < -0.4 is 10.6 Å². The van der Waals surface area contributed by atoms with E-state index in [2.05, 4.69) is 185 Å². The van der Waals surface area contributed by atoms with Gasteiger partial charge >= 0.3 is 0 Å². The van der Waals surface area contributed by atoms with Crippen molar-refractivity contribution in [2.75, 3.05) is 0 Å². The van der Waals surface area contributed by atoms with Crippen molar-refractivity contribution in [1.82, 2.24) is 15.6 Å². The zero-order valence-corrected chi connectivity index (χ0v) is 26.3. The Morgan fingerprint density at radius 2 is 1.06 bits per heavy atom. The van der Waals surface area contributed by atoms with Crippen LogP contribution in [0.4, 0.5) is 0 Å². The topological polar surface area (TPSA) is 39.9 Å². The molecular weight excluding hydrogens is 583 g/mol.